The lowest BCUT2D eigenvalue weighted by Gasteiger charge is -2.43. The summed E-state index contributed by atoms with van der Waals surface area (Å²) in [5, 5.41) is 9.37. The van der Waals surface area contributed by atoms with E-state index in [4.69, 9.17) is 0 Å². The number of nitrogens with zero attached hydrogens (tertiary/aromatic N) is 2. The number of β-amino-alcohol motifs (C(OH)–C–C–N with tert-alkyl or cyclic N) is 1. The summed E-state index contributed by atoms with van der Waals surface area (Å²) in [5.74, 6) is -0.139. The van der Waals surface area contributed by atoms with Crippen LogP contribution in [0.3, 0.4) is 0 Å². The molecule has 2 aliphatic heterocycles. The molecule has 0 bridgehead atoms. The standard InChI is InChI=1S/C16H20N2O3/c1-16(15(21)17-10-13(19)11-17)8-5-9-18(16)14(20)12-6-3-2-4-7-12/h2-4,6-7,13,19H,5,8-11H2,1H3. The Kier molecular flexibility index (Phi) is 3.45. The number of carbonyl (C=O) groups is 2. The van der Waals surface area contributed by atoms with Crippen LogP contribution in [0.25, 0.3) is 0 Å². The Labute approximate surface area is 124 Å². The first-order valence-electron chi connectivity index (χ1n) is 7.37. The van der Waals surface area contributed by atoms with Crippen molar-refractivity contribution in [2.75, 3.05) is 19.6 Å². The summed E-state index contributed by atoms with van der Waals surface area (Å²) in [6.45, 7) is 3.20. The van der Waals surface area contributed by atoms with Gasteiger partial charge in [-0.3, -0.25) is 9.59 Å². The number of aliphatic hydroxyl groups excluding tert-OH is 1. The maximum atomic E-state index is 12.7. The summed E-state index contributed by atoms with van der Waals surface area (Å²) in [5.41, 5.74) is -0.172. The first-order chi connectivity index (χ1) is 10.0. The van der Waals surface area contributed by atoms with Crippen molar-refractivity contribution in [3.8, 4) is 0 Å². The average Bonchev–Trinajstić information content (AvgIpc) is 2.86. The Balaban J connectivity index is 1.81. The summed E-state index contributed by atoms with van der Waals surface area (Å²) in [6.07, 6.45) is 1.09. The van der Waals surface area contributed by atoms with E-state index in [-0.39, 0.29) is 11.8 Å². The lowest BCUT2D eigenvalue weighted by molar-refractivity contribution is -0.151. The second-order valence-corrected chi connectivity index (χ2v) is 6.06. The molecular formula is C16H20N2O3. The van der Waals surface area contributed by atoms with Gasteiger partial charge in [0.05, 0.1) is 6.10 Å². The minimum Gasteiger partial charge on any atom is -0.389 e. The molecule has 2 aliphatic rings. The number of likely N-dealkylation sites (tertiary alicyclic amines) is 2. The molecule has 1 aromatic rings. The topological polar surface area (TPSA) is 60.9 Å². The van der Waals surface area contributed by atoms with Gasteiger partial charge in [0, 0.05) is 25.2 Å². The van der Waals surface area contributed by atoms with Crippen LogP contribution in [0.2, 0.25) is 0 Å². The molecule has 0 aromatic heterocycles. The van der Waals surface area contributed by atoms with Gasteiger partial charge in [-0.05, 0) is 31.9 Å². The van der Waals surface area contributed by atoms with Crippen molar-refractivity contribution >= 4 is 11.8 Å². The molecule has 0 saturated carbocycles. The summed E-state index contributed by atoms with van der Waals surface area (Å²) in [4.78, 5) is 28.7. The molecule has 1 aromatic carbocycles. The molecule has 5 heteroatoms. The summed E-state index contributed by atoms with van der Waals surface area (Å²) < 4.78 is 0. The fourth-order valence-corrected chi connectivity index (χ4v) is 3.21. The fourth-order valence-electron chi connectivity index (χ4n) is 3.21. The number of amides is 2. The Bertz CT molecular complexity index is 554. The maximum Gasteiger partial charge on any atom is 0.254 e. The van der Waals surface area contributed by atoms with Gasteiger partial charge in [0.2, 0.25) is 5.91 Å². The lowest BCUT2D eigenvalue weighted by atomic mass is 9.94. The van der Waals surface area contributed by atoms with E-state index in [1.54, 1.807) is 21.9 Å². The Morgan fingerprint density at radius 2 is 1.90 bits per heavy atom. The number of benzene rings is 1. The molecule has 21 heavy (non-hydrogen) atoms. The Hall–Kier alpha value is -1.88. The van der Waals surface area contributed by atoms with Crippen molar-refractivity contribution in [3.05, 3.63) is 35.9 Å². The highest BCUT2D eigenvalue weighted by molar-refractivity contribution is 5.99. The smallest absolute Gasteiger partial charge is 0.254 e. The first-order valence-corrected chi connectivity index (χ1v) is 7.37. The van der Waals surface area contributed by atoms with Gasteiger partial charge < -0.3 is 14.9 Å². The zero-order valence-corrected chi connectivity index (χ0v) is 12.2. The fraction of sp³-hybridized carbons (Fsp3) is 0.500. The first kappa shape index (κ1) is 14.1. The Morgan fingerprint density at radius 1 is 1.24 bits per heavy atom. The van der Waals surface area contributed by atoms with Crippen molar-refractivity contribution in [3.63, 3.8) is 0 Å². The van der Waals surface area contributed by atoms with E-state index in [9.17, 15) is 14.7 Å². The molecule has 2 heterocycles. The van der Waals surface area contributed by atoms with Crippen LogP contribution in [-0.2, 0) is 4.79 Å². The molecule has 5 nitrogen and oxygen atoms in total. The number of carbonyl (C=O) groups excluding carboxylic acids is 2. The summed E-state index contributed by atoms with van der Waals surface area (Å²) in [6, 6.07) is 9.08. The van der Waals surface area contributed by atoms with Crippen molar-refractivity contribution < 1.29 is 14.7 Å². The third-order valence-electron chi connectivity index (χ3n) is 4.52. The Morgan fingerprint density at radius 3 is 2.52 bits per heavy atom. The summed E-state index contributed by atoms with van der Waals surface area (Å²) in [7, 11) is 0. The van der Waals surface area contributed by atoms with E-state index in [2.05, 4.69) is 0 Å². The third-order valence-corrected chi connectivity index (χ3v) is 4.52. The second-order valence-electron chi connectivity index (χ2n) is 6.06. The molecule has 3 rings (SSSR count). The SMILES string of the molecule is CC1(C(=O)N2CC(O)C2)CCCN1C(=O)c1ccccc1. The van der Waals surface area contributed by atoms with Crippen LogP contribution < -0.4 is 0 Å². The van der Waals surface area contributed by atoms with E-state index in [0.29, 0.717) is 31.6 Å². The molecule has 0 radical (unpaired) electrons. The van der Waals surface area contributed by atoms with E-state index in [0.717, 1.165) is 6.42 Å². The summed E-state index contributed by atoms with van der Waals surface area (Å²) >= 11 is 0. The zero-order chi connectivity index (χ0) is 15.0. The van der Waals surface area contributed by atoms with Crippen LogP contribution in [0, 0.1) is 0 Å². The molecular weight excluding hydrogens is 268 g/mol. The van der Waals surface area contributed by atoms with E-state index >= 15 is 0 Å². The van der Waals surface area contributed by atoms with Crippen molar-refractivity contribution in [2.24, 2.45) is 0 Å². The van der Waals surface area contributed by atoms with Crippen LogP contribution in [0.5, 0.6) is 0 Å². The largest absolute Gasteiger partial charge is 0.389 e. The minimum atomic E-state index is -0.785. The number of hydrogen-bond acceptors (Lipinski definition) is 3. The van der Waals surface area contributed by atoms with Crippen LogP contribution in [0.1, 0.15) is 30.1 Å². The monoisotopic (exact) mass is 288 g/mol. The number of aliphatic hydroxyl groups is 1. The number of rotatable bonds is 2. The van der Waals surface area contributed by atoms with E-state index in [1.165, 1.54) is 0 Å². The second kappa shape index (κ2) is 5.15. The van der Waals surface area contributed by atoms with Crippen molar-refractivity contribution in [1.82, 2.24) is 9.80 Å². The van der Waals surface area contributed by atoms with Crippen LogP contribution >= 0.6 is 0 Å². The molecule has 2 fully saturated rings. The van der Waals surface area contributed by atoms with E-state index < -0.39 is 11.6 Å². The lowest BCUT2D eigenvalue weighted by Crippen LogP contribution is -2.63. The van der Waals surface area contributed by atoms with E-state index in [1.807, 2.05) is 25.1 Å². The van der Waals surface area contributed by atoms with Gasteiger partial charge in [0.25, 0.3) is 5.91 Å². The maximum absolute atomic E-state index is 12.7. The molecule has 112 valence electrons. The van der Waals surface area contributed by atoms with Crippen molar-refractivity contribution in [1.29, 1.82) is 0 Å². The minimum absolute atomic E-state index is 0.0467. The van der Waals surface area contributed by atoms with Gasteiger partial charge in [0.15, 0.2) is 0 Å². The van der Waals surface area contributed by atoms with Crippen molar-refractivity contribution in [2.45, 2.75) is 31.4 Å². The molecule has 2 amide bonds. The third kappa shape index (κ3) is 2.31. The highest BCUT2D eigenvalue weighted by atomic mass is 16.3. The zero-order valence-electron chi connectivity index (χ0n) is 12.2. The molecule has 1 unspecified atom stereocenters. The molecule has 1 N–H and O–H groups in total. The van der Waals surface area contributed by atoms with Crippen LogP contribution in [-0.4, -0.2) is 58.0 Å². The predicted octanol–water partition coefficient (Wildman–Crippen LogP) is 0.884. The molecule has 0 aliphatic carbocycles. The highest BCUT2D eigenvalue weighted by Gasteiger charge is 2.49. The number of hydrogen-bond donors (Lipinski definition) is 1. The quantitative estimate of drug-likeness (QED) is 0.879. The van der Waals surface area contributed by atoms with Crippen LogP contribution in [0.15, 0.2) is 30.3 Å². The average molecular weight is 288 g/mol. The molecule has 2 saturated heterocycles. The molecule has 0 spiro atoms. The predicted molar refractivity (Wildman–Crippen MR) is 77.7 cm³/mol. The molecule has 1 atom stereocenters. The van der Waals surface area contributed by atoms with Gasteiger partial charge in [-0.25, -0.2) is 0 Å². The van der Waals surface area contributed by atoms with Gasteiger partial charge in [-0.2, -0.15) is 0 Å². The van der Waals surface area contributed by atoms with Gasteiger partial charge in [-0.15, -0.1) is 0 Å². The van der Waals surface area contributed by atoms with Gasteiger partial charge >= 0.3 is 0 Å². The van der Waals surface area contributed by atoms with Gasteiger partial charge in [0.1, 0.15) is 5.54 Å². The normalized spacial score (nSPS) is 25.8. The highest BCUT2D eigenvalue weighted by Crippen LogP contribution is 2.33. The van der Waals surface area contributed by atoms with Gasteiger partial charge in [-0.1, -0.05) is 18.2 Å². The van der Waals surface area contributed by atoms with Crippen LogP contribution in [0.4, 0.5) is 0 Å².